The molecule has 24 heavy (non-hydrogen) atoms. The van der Waals surface area contributed by atoms with Gasteiger partial charge in [0.05, 0.1) is 7.11 Å². The molecule has 6 heteroatoms. The monoisotopic (exact) mass is 325 g/mol. The molecule has 2 aromatic carbocycles. The minimum atomic E-state index is -0.619. The lowest BCUT2D eigenvalue weighted by atomic mass is 10.2. The van der Waals surface area contributed by atoms with Crippen molar-refractivity contribution < 1.29 is 18.7 Å². The lowest BCUT2D eigenvalue weighted by molar-refractivity contribution is -0.118. The van der Waals surface area contributed by atoms with Gasteiger partial charge >= 0.3 is 5.63 Å². The highest BCUT2D eigenvalue weighted by atomic mass is 16.5. The number of hydrogen-bond acceptors (Lipinski definition) is 5. The summed E-state index contributed by atoms with van der Waals surface area (Å²) in [7, 11) is 1.57. The van der Waals surface area contributed by atoms with Gasteiger partial charge in [0, 0.05) is 11.1 Å². The van der Waals surface area contributed by atoms with Gasteiger partial charge in [0.2, 0.25) is 5.75 Å². The van der Waals surface area contributed by atoms with Crippen LogP contribution >= 0.6 is 0 Å². The molecule has 1 heterocycles. The summed E-state index contributed by atoms with van der Waals surface area (Å²) in [5.41, 5.74) is 0.457. The molecular formula is C18H15NO5. The minimum Gasteiger partial charge on any atom is -0.497 e. The number of rotatable bonds is 5. The maximum Gasteiger partial charge on any atom is 0.379 e. The number of para-hydroxylation sites is 1. The van der Waals surface area contributed by atoms with Crippen molar-refractivity contribution >= 4 is 22.6 Å². The van der Waals surface area contributed by atoms with Crippen molar-refractivity contribution in [2.45, 2.75) is 0 Å². The first-order valence-corrected chi connectivity index (χ1v) is 7.25. The van der Waals surface area contributed by atoms with Crippen LogP contribution in [0.25, 0.3) is 11.0 Å². The number of fused-ring (bicyclic) bond motifs is 1. The zero-order valence-electron chi connectivity index (χ0n) is 12.9. The number of methoxy groups -OCH3 is 1. The van der Waals surface area contributed by atoms with Gasteiger partial charge in [0.15, 0.2) is 6.61 Å². The van der Waals surface area contributed by atoms with Crippen molar-refractivity contribution in [1.82, 2.24) is 0 Å². The third kappa shape index (κ3) is 3.55. The Morgan fingerprint density at radius 2 is 1.88 bits per heavy atom. The summed E-state index contributed by atoms with van der Waals surface area (Å²) in [5.74, 6) is 0.310. The van der Waals surface area contributed by atoms with Crippen LogP contribution in [0.15, 0.2) is 63.8 Å². The Morgan fingerprint density at radius 1 is 1.12 bits per heavy atom. The number of benzene rings is 2. The van der Waals surface area contributed by atoms with Crippen molar-refractivity contribution in [2.24, 2.45) is 0 Å². The van der Waals surface area contributed by atoms with E-state index in [1.807, 2.05) is 6.07 Å². The quantitative estimate of drug-likeness (QED) is 0.730. The zero-order valence-corrected chi connectivity index (χ0v) is 12.9. The smallest absolute Gasteiger partial charge is 0.379 e. The molecule has 0 aliphatic rings. The summed E-state index contributed by atoms with van der Waals surface area (Å²) in [5, 5.41) is 3.39. The average molecular weight is 325 g/mol. The Kier molecular flexibility index (Phi) is 4.47. The van der Waals surface area contributed by atoms with Crippen molar-refractivity contribution in [3.8, 4) is 11.5 Å². The predicted molar refractivity (Wildman–Crippen MR) is 89.6 cm³/mol. The summed E-state index contributed by atoms with van der Waals surface area (Å²) >= 11 is 0. The highest BCUT2D eigenvalue weighted by molar-refractivity contribution is 5.92. The van der Waals surface area contributed by atoms with Gasteiger partial charge < -0.3 is 19.2 Å². The van der Waals surface area contributed by atoms with Crippen LogP contribution in [0, 0.1) is 0 Å². The maximum atomic E-state index is 11.9. The molecule has 0 fully saturated rings. The Balaban J connectivity index is 1.65. The zero-order chi connectivity index (χ0) is 16.9. The second kappa shape index (κ2) is 6.87. The van der Waals surface area contributed by atoms with Crippen LogP contribution < -0.4 is 20.4 Å². The molecule has 6 nitrogen and oxygen atoms in total. The van der Waals surface area contributed by atoms with Gasteiger partial charge in [-0.25, -0.2) is 4.79 Å². The van der Waals surface area contributed by atoms with E-state index < -0.39 is 5.63 Å². The van der Waals surface area contributed by atoms with Crippen molar-refractivity contribution in [3.05, 3.63) is 65.0 Å². The number of amides is 1. The third-order valence-corrected chi connectivity index (χ3v) is 3.34. The van der Waals surface area contributed by atoms with E-state index in [1.54, 1.807) is 55.6 Å². The van der Waals surface area contributed by atoms with Gasteiger partial charge in [-0.2, -0.15) is 0 Å². The highest BCUT2D eigenvalue weighted by Gasteiger charge is 2.09. The summed E-state index contributed by atoms with van der Waals surface area (Å²) in [4.78, 5) is 23.8. The molecule has 0 saturated heterocycles. The van der Waals surface area contributed by atoms with E-state index in [4.69, 9.17) is 13.9 Å². The standard InChI is InChI=1S/C18H15NO5/c1-22-14-8-6-13(7-9-14)19-17(20)11-23-16-10-12-4-2-3-5-15(12)24-18(16)21/h2-10H,11H2,1H3,(H,19,20). The van der Waals surface area contributed by atoms with Crippen LogP contribution in [-0.4, -0.2) is 19.6 Å². The summed E-state index contributed by atoms with van der Waals surface area (Å²) in [6.07, 6.45) is 0. The predicted octanol–water partition coefficient (Wildman–Crippen LogP) is 2.82. The van der Waals surface area contributed by atoms with Crippen LogP contribution in [-0.2, 0) is 4.79 Å². The molecule has 0 atom stereocenters. The van der Waals surface area contributed by atoms with Gasteiger partial charge in [-0.05, 0) is 36.4 Å². The molecule has 0 bridgehead atoms. The molecule has 0 unspecified atom stereocenters. The van der Waals surface area contributed by atoms with Gasteiger partial charge in [-0.1, -0.05) is 18.2 Å². The third-order valence-electron chi connectivity index (χ3n) is 3.34. The molecule has 122 valence electrons. The van der Waals surface area contributed by atoms with E-state index in [2.05, 4.69) is 5.32 Å². The van der Waals surface area contributed by atoms with E-state index in [9.17, 15) is 9.59 Å². The lowest BCUT2D eigenvalue weighted by Gasteiger charge is -2.08. The normalized spacial score (nSPS) is 10.4. The van der Waals surface area contributed by atoms with Gasteiger partial charge in [0.1, 0.15) is 11.3 Å². The van der Waals surface area contributed by atoms with Gasteiger partial charge in [0.25, 0.3) is 5.91 Å². The van der Waals surface area contributed by atoms with Crippen LogP contribution in [0.3, 0.4) is 0 Å². The molecule has 1 aromatic heterocycles. The first kappa shape index (κ1) is 15.6. The fourth-order valence-corrected chi connectivity index (χ4v) is 2.16. The average Bonchev–Trinajstić information content (AvgIpc) is 2.60. The topological polar surface area (TPSA) is 77.8 Å². The molecular weight excluding hydrogens is 310 g/mol. The summed E-state index contributed by atoms with van der Waals surface area (Å²) < 4.78 is 15.5. The van der Waals surface area contributed by atoms with E-state index in [-0.39, 0.29) is 18.3 Å². The second-order valence-electron chi connectivity index (χ2n) is 5.00. The molecule has 0 radical (unpaired) electrons. The second-order valence-corrected chi connectivity index (χ2v) is 5.00. The molecule has 1 amide bonds. The number of ether oxygens (including phenoxy) is 2. The van der Waals surface area contributed by atoms with E-state index in [0.717, 1.165) is 5.39 Å². The highest BCUT2D eigenvalue weighted by Crippen LogP contribution is 2.17. The van der Waals surface area contributed by atoms with Crippen LogP contribution in [0.4, 0.5) is 5.69 Å². The number of nitrogens with one attached hydrogen (secondary N) is 1. The Morgan fingerprint density at radius 3 is 2.62 bits per heavy atom. The van der Waals surface area contributed by atoms with Crippen LogP contribution in [0.1, 0.15) is 0 Å². The SMILES string of the molecule is COc1ccc(NC(=O)COc2cc3ccccc3oc2=O)cc1. The molecule has 0 aliphatic carbocycles. The number of carbonyl (C=O) groups is 1. The lowest BCUT2D eigenvalue weighted by Crippen LogP contribution is -2.22. The van der Waals surface area contributed by atoms with Gasteiger partial charge in [-0.3, -0.25) is 4.79 Å². The largest absolute Gasteiger partial charge is 0.497 e. The van der Waals surface area contributed by atoms with Crippen molar-refractivity contribution in [1.29, 1.82) is 0 Å². The summed E-state index contributed by atoms with van der Waals surface area (Å²) in [6.45, 7) is -0.296. The Hall–Kier alpha value is -3.28. The number of carbonyl (C=O) groups excluding carboxylic acids is 1. The number of anilines is 1. The fourth-order valence-electron chi connectivity index (χ4n) is 2.16. The van der Waals surface area contributed by atoms with E-state index >= 15 is 0 Å². The minimum absolute atomic E-state index is 0.00131. The van der Waals surface area contributed by atoms with E-state index in [0.29, 0.717) is 17.0 Å². The van der Waals surface area contributed by atoms with E-state index in [1.165, 1.54) is 0 Å². The Bertz CT molecular complexity index is 915. The molecule has 3 rings (SSSR count). The molecule has 0 spiro atoms. The first-order chi connectivity index (χ1) is 11.7. The molecule has 0 saturated carbocycles. The molecule has 0 aliphatic heterocycles. The Labute approximate surface area is 137 Å². The molecule has 3 aromatic rings. The summed E-state index contributed by atoms with van der Waals surface area (Å²) in [6, 6.07) is 15.5. The first-order valence-electron chi connectivity index (χ1n) is 7.25. The van der Waals surface area contributed by atoms with Gasteiger partial charge in [-0.15, -0.1) is 0 Å². The van der Waals surface area contributed by atoms with Crippen molar-refractivity contribution in [2.75, 3.05) is 19.0 Å². The fraction of sp³-hybridized carbons (Fsp3) is 0.111. The maximum absolute atomic E-state index is 11.9. The van der Waals surface area contributed by atoms with Crippen LogP contribution in [0.5, 0.6) is 11.5 Å². The van der Waals surface area contributed by atoms with Crippen LogP contribution in [0.2, 0.25) is 0 Å². The molecule has 1 N–H and O–H groups in total. The number of hydrogen-bond donors (Lipinski definition) is 1. The van der Waals surface area contributed by atoms with Crippen molar-refractivity contribution in [3.63, 3.8) is 0 Å².